The highest BCUT2D eigenvalue weighted by atomic mass is 32.2. The quantitative estimate of drug-likeness (QED) is 0.682. The van der Waals surface area contributed by atoms with E-state index < -0.39 is 5.97 Å². The SMILES string of the molecule is CCC(CC)(CNC(=O)Nc1cnn(CC(=O)O)c1)SC. The molecule has 1 rings (SSSR count). The molecule has 0 atom stereocenters. The zero-order valence-corrected chi connectivity index (χ0v) is 13.4. The largest absolute Gasteiger partial charge is 0.480 e. The Morgan fingerprint density at radius 3 is 2.62 bits per heavy atom. The average molecular weight is 314 g/mol. The van der Waals surface area contributed by atoms with Gasteiger partial charge in [0.15, 0.2) is 0 Å². The fraction of sp³-hybridized carbons (Fsp3) is 0.615. The number of urea groups is 1. The van der Waals surface area contributed by atoms with Crippen molar-refractivity contribution in [1.82, 2.24) is 15.1 Å². The van der Waals surface area contributed by atoms with Crippen molar-refractivity contribution in [3.63, 3.8) is 0 Å². The molecule has 0 aromatic carbocycles. The van der Waals surface area contributed by atoms with Crippen molar-refractivity contribution in [3.05, 3.63) is 12.4 Å². The maximum atomic E-state index is 11.9. The maximum absolute atomic E-state index is 11.9. The van der Waals surface area contributed by atoms with E-state index in [4.69, 9.17) is 5.11 Å². The number of rotatable bonds is 8. The van der Waals surface area contributed by atoms with Gasteiger partial charge in [0.1, 0.15) is 6.54 Å². The molecule has 118 valence electrons. The molecule has 21 heavy (non-hydrogen) atoms. The number of aliphatic carboxylic acids is 1. The van der Waals surface area contributed by atoms with Crippen LogP contribution >= 0.6 is 11.8 Å². The Bertz CT molecular complexity index is 477. The van der Waals surface area contributed by atoms with Gasteiger partial charge in [0, 0.05) is 17.5 Å². The number of aromatic nitrogens is 2. The zero-order chi connectivity index (χ0) is 15.9. The van der Waals surface area contributed by atoms with Crippen molar-refractivity contribution in [2.75, 3.05) is 18.1 Å². The third kappa shape index (κ3) is 5.30. The van der Waals surface area contributed by atoms with Crippen molar-refractivity contribution in [2.24, 2.45) is 0 Å². The molecule has 0 unspecified atom stereocenters. The van der Waals surface area contributed by atoms with Gasteiger partial charge in [-0.15, -0.1) is 0 Å². The Labute approximate surface area is 128 Å². The van der Waals surface area contributed by atoms with Crippen LogP contribution in [-0.4, -0.2) is 44.4 Å². The van der Waals surface area contributed by atoms with Crippen LogP contribution in [-0.2, 0) is 11.3 Å². The summed E-state index contributed by atoms with van der Waals surface area (Å²) in [5, 5.41) is 18.0. The summed E-state index contributed by atoms with van der Waals surface area (Å²) in [7, 11) is 0. The number of nitrogens with one attached hydrogen (secondary N) is 2. The molecule has 0 aliphatic carbocycles. The Morgan fingerprint density at radius 1 is 1.43 bits per heavy atom. The van der Waals surface area contributed by atoms with Crippen LogP contribution in [0.3, 0.4) is 0 Å². The van der Waals surface area contributed by atoms with Crippen LogP contribution in [0.1, 0.15) is 26.7 Å². The van der Waals surface area contributed by atoms with Crippen molar-refractivity contribution < 1.29 is 14.7 Å². The second-order valence-electron chi connectivity index (χ2n) is 4.72. The normalized spacial score (nSPS) is 11.2. The maximum Gasteiger partial charge on any atom is 0.325 e. The Balaban J connectivity index is 2.50. The van der Waals surface area contributed by atoms with Crippen LogP contribution in [0.25, 0.3) is 0 Å². The predicted molar refractivity (Wildman–Crippen MR) is 83.7 cm³/mol. The number of carboxylic acid groups (broad SMARTS) is 1. The number of nitrogens with zero attached hydrogens (tertiary/aromatic N) is 2. The van der Waals surface area contributed by atoms with Crippen molar-refractivity contribution >= 4 is 29.4 Å². The minimum atomic E-state index is -0.982. The highest BCUT2D eigenvalue weighted by molar-refractivity contribution is 8.00. The van der Waals surface area contributed by atoms with Crippen LogP contribution in [0, 0.1) is 0 Å². The van der Waals surface area contributed by atoms with E-state index in [0.717, 1.165) is 12.8 Å². The van der Waals surface area contributed by atoms with Crippen LogP contribution in [0.15, 0.2) is 12.4 Å². The number of anilines is 1. The van der Waals surface area contributed by atoms with Gasteiger partial charge in [0.25, 0.3) is 0 Å². The molecule has 3 N–H and O–H groups in total. The Kier molecular flexibility index (Phi) is 6.54. The number of carboxylic acids is 1. The van der Waals surface area contributed by atoms with Gasteiger partial charge in [-0.3, -0.25) is 9.48 Å². The number of hydrogen-bond donors (Lipinski definition) is 3. The molecule has 1 heterocycles. The fourth-order valence-electron chi connectivity index (χ4n) is 1.93. The predicted octanol–water partition coefficient (Wildman–Crippen LogP) is 2.01. The van der Waals surface area contributed by atoms with Gasteiger partial charge in [-0.1, -0.05) is 13.8 Å². The zero-order valence-electron chi connectivity index (χ0n) is 12.5. The number of thioether (sulfide) groups is 1. The molecule has 0 fully saturated rings. The van der Waals surface area contributed by atoms with Gasteiger partial charge in [-0.2, -0.15) is 16.9 Å². The van der Waals surface area contributed by atoms with Gasteiger partial charge >= 0.3 is 12.0 Å². The Morgan fingerprint density at radius 2 is 2.10 bits per heavy atom. The topological polar surface area (TPSA) is 96.3 Å². The third-order valence-electron chi connectivity index (χ3n) is 3.48. The summed E-state index contributed by atoms with van der Waals surface area (Å²) in [6.45, 7) is 4.56. The molecule has 0 radical (unpaired) electrons. The summed E-state index contributed by atoms with van der Waals surface area (Å²) in [5.41, 5.74) is 0.469. The lowest BCUT2D eigenvalue weighted by Gasteiger charge is -2.29. The van der Waals surface area contributed by atoms with Crippen molar-refractivity contribution in [3.8, 4) is 0 Å². The summed E-state index contributed by atoms with van der Waals surface area (Å²) < 4.78 is 1.30. The lowest BCUT2D eigenvalue weighted by atomic mass is 10.0. The molecule has 0 saturated heterocycles. The molecule has 0 spiro atoms. The van der Waals surface area contributed by atoms with E-state index in [-0.39, 0.29) is 17.3 Å². The van der Waals surface area contributed by atoms with Crippen LogP contribution in [0.4, 0.5) is 10.5 Å². The summed E-state index contributed by atoms with van der Waals surface area (Å²) >= 11 is 1.75. The molecular formula is C13H22N4O3S. The standard InChI is InChI=1S/C13H22N4O3S/c1-4-13(5-2,21-3)9-14-12(20)16-10-6-15-17(7-10)8-11(18)19/h6-7H,4-5,8-9H2,1-3H3,(H,18,19)(H2,14,16,20). The first kappa shape index (κ1) is 17.4. The number of amides is 2. The van der Waals surface area contributed by atoms with E-state index in [0.29, 0.717) is 12.2 Å². The highest BCUT2D eigenvalue weighted by Crippen LogP contribution is 2.29. The lowest BCUT2D eigenvalue weighted by molar-refractivity contribution is -0.137. The molecule has 2 amide bonds. The summed E-state index contributed by atoms with van der Waals surface area (Å²) in [4.78, 5) is 22.4. The van der Waals surface area contributed by atoms with Gasteiger partial charge in [0.2, 0.25) is 0 Å². The monoisotopic (exact) mass is 314 g/mol. The van der Waals surface area contributed by atoms with E-state index in [1.807, 2.05) is 6.26 Å². The number of carbonyl (C=O) groups excluding carboxylic acids is 1. The molecule has 0 saturated carbocycles. The third-order valence-corrected chi connectivity index (χ3v) is 5.07. The minimum Gasteiger partial charge on any atom is -0.480 e. The second kappa shape index (κ2) is 7.92. The molecule has 1 aromatic rings. The highest BCUT2D eigenvalue weighted by Gasteiger charge is 2.25. The van der Waals surface area contributed by atoms with Crippen molar-refractivity contribution in [1.29, 1.82) is 0 Å². The molecule has 1 aromatic heterocycles. The van der Waals surface area contributed by atoms with Gasteiger partial charge in [-0.25, -0.2) is 4.79 Å². The molecular weight excluding hydrogens is 292 g/mol. The average Bonchev–Trinajstić information content (AvgIpc) is 2.87. The van der Waals surface area contributed by atoms with E-state index in [1.54, 1.807) is 11.8 Å². The summed E-state index contributed by atoms with van der Waals surface area (Å²) in [6.07, 6.45) is 6.89. The van der Waals surface area contributed by atoms with E-state index in [2.05, 4.69) is 29.6 Å². The van der Waals surface area contributed by atoms with Crippen molar-refractivity contribution in [2.45, 2.75) is 38.0 Å². The molecule has 8 heteroatoms. The minimum absolute atomic E-state index is 0.0465. The fourth-order valence-corrected chi connectivity index (χ4v) is 2.72. The first-order valence-electron chi connectivity index (χ1n) is 6.79. The molecule has 0 bridgehead atoms. The van der Waals surface area contributed by atoms with E-state index in [9.17, 15) is 9.59 Å². The molecule has 7 nitrogen and oxygen atoms in total. The number of hydrogen-bond acceptors (Lipinski definition) is 4. The van der Waals surface area contributed by atoms with Crippen LogP contribution in [0.2, 0.25) is 0 Å². The second-order valence-corrected chi connectivity index (χ2v) is 6.00. The van der Waals surface area contributed by atoms with Crippen LogP contribution < -0.4 is 10.6 Å². The Hall–Kier alpha value is -1.70. The first-order chi connectivity index (χ1) is 9.94. The lowest BCUT2D eigenvalue weighted by Crippen LogP contribution is -2.41. The summed E-state index contributed by atoms with van der Waals surface area (Å²) in [5.74, 6) is -0.982. The number of carbonyl (C=O) groups is 2. The molecule has 0 aliphatic rings. The van der Waals surface area contributed by atoms with Crippen LogP contribution in [0.5, 0.6) is 0 Å². The van der Waals surface area contributed by atoms with Gasteiger partial charge in [-0.05, 0) is 19.1 Å². The van der Waals surface area contributed by atoms with Gasteiger partial charge in [0.05, 0.1) is 11.9 Å². The van der Waals surface area contributed by atoms with E-state index >= 15 is 0 Å². The first-order valence-corrected chi connectivity index (χ1v) is 8.01. The smallest absolute Gasteiger partial charge is 0.325 e. The summed E-state index contributed by atoms with van der Waals surface area (Å²) in [6, 6.07) is -0.315. The van der Waals surface area contributed by atoms with E-state index in [1.165, 1.54) is 17.1 Å². The van der Waals surface area contributed by atoms with Gasteiger partial charge < -0.3 is 15.7 Å². The molecule has 0 aliphatic heterocycles.